The predicted octanol–water partition coefficient (Wildman–Crippen LogP) is 4.44. The number of nitrogens with one attached hydrogen (secondary N) is 1. The van der Waals surface area contributed by atoms with E-state index in [9.17, 15) is 14.0 Å². The maximum absolute atomic E-state index is 14.3. The zero-order chi connectivity index (χ0) is 25.8. The van der Waals surface area contributed by atoms with Gasteiger partial charge in [0.05, 0.1) is 37.0 Å². The van der Waals surface area contributed by atoms with Crippen molar-refractivity contribution in [3.63, 3.8) is 0 Å². The Morgan fingerprint density at radius 3 is 2.53 bits per heavy atom. The maximum atomic E-state index is 14.3. The van der Waals surface area contributed by atoms with Crippen molar-refractivity contribution in [3.05, 3.63) is 81.8 Å². The summed E-state index contributed by atoms with van der Waals surface area (Å²) in [5, 5.41) is 8.16. The average Bonchev–Trinajstić information content (AvgIpc) is 3.09. The number of aryl methyl sites for hydroxylation is 2. The molecule has 2 aromatic carbocycles. The van der Waals surface area contributed by atoms with Crippen LogP contribution in [0.25, 0.3) is 10.8 Å². The van der Waals surface area contributed by atoms with Crippen LogP contribution in [0.1, 0.15) is 30.8 Å². The van der Waals surface area contributed by atoms with E-state index in [-0.39, 0.29) is 24.5 Å². The zero-order valence-electron chi connectivity index (χ0n) is 20.8. The van der Waals surface area contributed by atoms with E-state index < -0.39 is 5.91 Å². The van der Waals surface area contributed by atoms with Crippen LogP contribution in [-0.2, 0) is 17.9 Å². The largest absolute Gasteiger partial charge is 0.494 e. The first-order valence-electron chi connectivity index (χ1n) is 11.8. The van der Waals surface area contributed by atoms with E-state index in [0.717, 1.165) is 10.4 Å². The molecule has 0 unspecified atom stereocenters. The molecular formula is C27H29FN4O4. The van der Waals surface area contributed by atoms with E-state index in [1.54, 1.807) is 42.6 Å². The smallest absolute Gasteiger partial charge is 0.276 e. The lowest BCUT2D eigenvalue weighted by Crippen LogP contribution is -2.29. The summed E-state index contributed by atoms with van der Waals surface area (Å²) >= 11 is 0. The molecule has 2 aromatic heterocycles. The van der Waals surface area contributed by atoms with Gasteiger partial charge in [-0.2, -0.15) is 5.10 Å². The van der Waals surface area contributed by atoms with Crippen LogP contribution in [0.15, 0.2) is 53.5 Å². The number of carbonyl (C=O) groups excluding carboxylic acids is 1. The second-order valence-electron chi connectivity index (χ2n) is 8.32. The van der Waals surface area contributed by atoms with E-state index in [2.05, 4.69) is 10.4 Å². The molecule has 188 valence electrons. The van der Waals surface area contributed by atoms with Crippen LogP contribution < -0.4 is 20.3 Å². The number of nitrogens with zero attached hydrogens (tertiary/aromatic N) is 3. The predicted molar refractivity (Wildman–Crippen MR) is 136 cm³/mol. The summed E-state index contributed by atoms with van der Waals surface area (Å²) < 4.78 is 28.4. The third-order valence-corrected chi connectivity index (χ3v) is 6.02. The van der Waals surface area contributed by atoms with Gasteiger partial charge in [-0.25, -0.2) is 9.07 Å². The molecule has 0 spiro atoms. The fourth-order valence-corrected chi connectivity index (χ4v) is 4.26. The Bertz CT molecular complexity index is 1470. The highest BCUT2D eigenvalue weighted by Gasteiger charge is 2.19. The second-order valence-corrected chi connectivity index (χ2v) is 8.32. The summed E-state index contributed by atoms with van der Waals surface area (Å²) in [7, 11) is 0. The highest BCUT2D eigenvalue weighted by Crippen LogP contribution is 2.29. The van der Waals surface area contributed by atoms with Crippen molar-refractivity contribution in [1.82, 2.24) is 14.3 Å². The van der Waals surface area contributed by atoms with Gasteiger partial charge in [-0.1, -0.05) is 18.2 Å². The second kappa shape index (κ2) is 10.6. The van der Waals surface area contributed by atoms with Gasteiger partial charge in [-0.05, 0) is 45.9 Å². The SMILES string of the molecule is CCOc1ccc(OCC)c(NC(=O)Cn2ncc3c(C)n(Cc4ccccc4F)c(C)c3c2=O)c1. The minimum absolute atomic E-state index is 0.282. The van der Waals surface area contributed by atoms with Crippen LogP contribution >= 0.6 is 0 Å². The summed E-state index contributed by atoms with van der Waals surface area (Å²) in [5.74, 6) is 0.358. The molecule has 4 aromatic rings. The van der Waals surface area contributed by atoms with E-state index in [1.807, 2.05) is 32.3 Å². The highest BCUT2D eigenvalue weighted by molar-refractivity contribution is 5.93. The summed E-state index contributed by atoms with van der Waals surface area (Å²) in [6.45, 7) is 8.32. The van der Waals surface area contributed by atoms with Crippen molar-refractivity contribution in [2.24, 2.45) is 0 Å². The van der Waals surface area contributed by atoms with E-state index in [1.165, 1.54) is 6.07 Å². The zero-order valence-corrected chi connectivity index (χ0v) is 20.8. The minimum atomic E-state index is -0.432. The summed E-state index contributed by atoms with van der Waals surface area (Å²) in [5.41, 5.74) is 2.08. The molecule has 36 heavy (non-hydrogen) atoms. The molecule has 0 aliphatic heterocycles. The van der Waals surface area contributed by atoms with Crippen molar-refractivity contribution in [2.45, 2.75) is 40.8 Å². The van der Waals surface area contributed by atoms with Gasteiger partial charge in [0.15, 0.2) is 0 Å². The highest BCUT2D eigenvalue weighted by atomic mass is 19.1. The van der Waals surface area contributed by atoms with Gasteiger partial charge in [0.25, 0.3) is 5.56 Å². The fraction of sp³-hybridized carbons (Fsp3) is 0.296. The van der Waals surface area contributed by atoms with Crippen LogP contribution in [0.4, 0.5) is 10.1 Å². The number of ether oxygens (including phenoxy) is 2. The molecule has 0 aliphatic rings. The van der Waals surface area contributed by atoms with Crippen molar-refractivity contribution in [3.8, 4) is 11.5 Å². The molecular weight excluding hydrogens is 463 g/mol. The number of aromatic nitrogens is 3. The number of halogens is 1. The van der Waals surface area contributed by atoms with Crippen LogP contribution in [0.5, 0.6) is 11.5 Å². The van der Waals surface area contributed by atoms with Gasteiger partial charge in [0, 0.05) is 28.4 Å². The number of anilines is 1. The molecule has 4 rings (SSSR count). The number of hydrogen-bond acceptors (Lipinski definition) is 5. The first kappa shape index (κ1) is 25.0. The Labute approximate surface area is 208 Å². The molecule has 0 saturated carbocycles. The van der Waals surface area contributed by atoms with E-state index in [0.29, 0.717) is 52.4 Å². The van der Waals surface area contributed by atoms with Crippen LogP contribution in [-0.4, -0.2) is 33.5 Å². The number of fused-ring (bicyclic) bond motifs is 1. The molecule has 8 nitrogen and oxygen atoms in total. The minimum Gasteiger partial charge on any atom is -0.494 e. The standard InChI is InChI=1S/C27H29FN4O4/c1-5-35-20-11-12-24(36-6-2)23(13-20)30-25(33)16-32-27(34)26-18(4)31(17(3)21(26)14-29-32)15-19-9-7-8-10-22(19)28/h7-14H,5-6,15-16H2,1-4H3,(H,30,33). The third kappa shape index (κ3) is 4.95. The van der Waals surface area contributed by atoms with Gasteiger partial charge in [0.1, 0.15) is 23.9 Å². The van der Waals surface area contributed by atoms with Crippen molar-refractivity contribution >= 4 is 22.4 Å². The molecule has 0 fully saturated rings. The molecule has 0 radical (unpaired) electrons. The Kier molecular flexibility index (Phi) is 7.38. The van der Waals surface area contributed by atoms with Crippen molar-refractivity contribution in [1.29, 1.82) is 0 Å². The topological polar surface area (TPSA) is 87.4 Å². The molecule has 0 aliphatic carbocycles. The Hall–Kier alpha value is -4.14. The molecule has 1 N–H and O–H groups in total. The number of rotatable bonds is 9. The van der Waals surface area contributed by atoms with Crippen molar-refractivity contribution in [2.75, 3.05) is 18.5 Å². The Balaban J connectivity index is 1.62. The lowest BCUT2D eigenvalue weighted by atomic mass is 10.2. The van der Waals surface area contributed by atoms with Gasteiger partial charge < -0.3 is 19.4 Å². The lowest BCUT2D eigenvalue weighted by Gasteiger charge is -2.14. The molecule has 2 heterocycles. The van der Waals surface area contributed by atoms with E-state index in [4.69, 9.17) is 9.47 Å². The Morgan fingerprint density at radius 2 is 1.81 bits per heavy atom. The Morgan fingerprint density at radius 1 is 1.06 bits per heavy atom. The van der Waals surface area contributed by atoms with E-state index >= 15 is 0 Å². The number of carbonyl (C=O) groups is 1. The van der Waals surface area contributed by atoms with Crippen LogP contribution in [0.3, 0.4) is 0 Å². The summed E-state index contributed by atoms with van der Waals surface area (Å²) in [6.07, 6.45) is 1.57. The third-order valence-electron chi connectivity index (χ3n) is 6.02. The molecule has 0 atom stereocenters. The number of hydrogen-bond donors (Lipinski definition) is 1. The van der Waals surface area contributed by atoms with Crippen molar-refractivity contribution < 1.29 is 18.7 Å². The summed E-state index contributed by atoms with van der Waals surface area (Å²) in [6, 6.07) is 11.7. The maximum Gasteiger partial charge on any atom is 0.276 e. The van der Waals surface area contributed by atoms with Gasteiger partial charge in [0.2, 0.25) is 5.91 Å². The van der Waals surface area contributed by atoms with Gasteiger partial charge in [-0.3, -0.25) is 9.59 Å². The monoisotopic (exact) mass is 492 g/mol. The van der Waals surface area contributed by atoms with Crippen LogP contribution in [0, 0.1) is 19.7 Å². The molecule has 1 amide bonds. The fourth-order valence-electron chi connectivity index (χ4n) is 4.26. The molecule has 0 bridgehead atoms. The number of amides is 1. The summed E-state index contributed by atoms with van der Waals surface area (Å²) in [4.78, 5) is 26.2. The normalized spacial score (nSPS) is 11.0. The molecule has 0 saturated heterocycles. The van der Waals surface area contributed by atoms with Gasteiger partial charge >= 0.3 is 0 Å². The van der Waals surface area contributed by atoms with Gasteiger partial charge in [-0.15, -0.1) is 0 Å². The first-order valence-corrected chi connectivity index (χ1v) is 11.8. The quantitative estimate of drug-likeness (QED) is 0.373. The lowest BCUT2D eigenvalue weighted by molar-refractivity contribution is -0.117. The first-order chi connectivity index (χ1) is 17.3. The number of benzene rings is 2. The average molecular weight is 493 g/mol. The molecule has 9 heteroatoms. The van der Waals surface area contributed by atoms with Crippen LogP contribution in [0.2, 0.25) is 0 Å².